The van der Waals surface area contributed by atoms with E-state index in [0.29, 0.717) is 11.2 Å². The third kappa shape index (κ3) is 3.99. The number of nitrogens with one attached hydrogen (secondary N) is 1. The quantitative estimate of drug-likeness (QED) is 0.470. The number of aromatic nitrogens is 3. The predicted octanol–water partition coefficient (Wildman–Crippen LogP) is 3.38. The number of rotatable bonds is 5. The molecule has 0 aliphatic heterocycles. The van der Waals surface area contributed by atoms with E-state index in [9.17, 15) is 14.4 Å². The second-order valence-corrected chi connectivity index (χ2v) is 8.61. The number of amides is 1. The molecule has 4 aromatic rings. The van der Waals surface area contributed by atoms with Crippen LogP contribution in [0.1, 0.15) is 10.4 Å². The van der Waals surface area contributed by atoms with Crippen molar-refractivity contribution < 1.29 is 4.79 Å². The fourth-order valence-corrected chi connectivity index (χ4v) is 4.10. The van der Waals surface area contributed by atoms with E-state index in [0.717, 1.165) is 19.5 Å². The van der Waals surface area contributed by atoms with Gasteiger partial charge in [0.25, 0.3) is 5.56 Å². The molecular formula is C21H17BrN4O3S. The largest absolute Gasteiger partial charge is 0.332 e. The molecule has 3 aromatic heterocycles. The Morgan fingerprint density at radius 1 is 1.17 bits per heavy atom. The molecule has 4 rings (SSSR count). The summed E-state index contributed by atoms with van der Waals surface area (Å²) in [4.78, 5) is 43.7. The van der Waals surface area contributed by atoms with Crippen molar-refractivity contribution in [2.75, 3.05) is 5.32 Å². The second kappa shape index (κ2) is 8.37. The van der Waals surface area contributed by atoms with E-state index in [1.165, 1.54) is 22.1 Å². The van der Waals surface area contributed by atoms with E-state index in [4.69, 9.17) is 0 Å². The normalized spacial score (nSPS) is 11.0. The van der Waals surface area contributed by atoms with Crippen molar-refractivity contribution in [3.8, 4) is 0 Å². The van der Waals surface area contributed by atoms with Gasteiger partial charge >= 0.3 is 5.69 Å². The summed E-state index contributed by atoms with van der Waals surface area (Å²) in [6.45, 7) is 1.82. The number of pyridine rings is 1. The molecule has 0 saturated carbocycles. The molecule has 0 atom stereocenters. The van der Waals surface area contributed by atoms with Gasteiger partial charge in [0.1, 0.15) is 6.54 Å². The summed E-state index contributed by atoms with van der Waals surface area (Å²) in [5.41, 5.74) is 1.07. The van der Waals surface area contributed by atoms with Crippen LogP contribution in [0.3, 0.4) is 0 Å². The smallest absolute Gasteiger partial charge is 0.325 e. The zero-order chi connectivity index (χ0) is 21.3. The number of carbonyl (C=O) groups excluding carboxylic acids is 1. The first-order valence-electron chi connectivity index (χ1n) is 9.11. The number of fused-ring (bicyclic) bond motifs is 1. The van der Waals surface area contributed by atoms with Crippen LogP contribution in [0.2, 0.25) is 0 Å². The molecule has 0 aliphatic rings. The van der Waals surface area contributed by atoms with Crippen LogP contribution in [0.15, 0.2) is 68.1 Å². The van der Waals surface area contributed by atoms with E-state index in [1.807, 2.05) is 36.6 Å². The van der Waals surface area contributed by atoms with E-state index in [-0.39, 0.29) is 24.5 Å². The highest BCUT2D eigenvalue weighted by Gasteiger charge is 2.17. The molecular weight excluding hydrogens is 468 g/mol. The molecule has 1 amide bonds. The van der Waals surface area contributed by atoms with Gasteiger partial charge in [0.05, 0.1) is 12.1 Å². The van der Waals surface area contributed by atoms with Crippen LogP contribution in [0.4, 0.5) is 5.69 Å². The molecule has 9 heteroatoms. The Hall–Kier alpha value is -3.04. The maximum Gasteiger partial charge on any atom is 0.332 e. The Balaban J connectivity index is 1.73. The lowest BCUT2D eigenvalue weighted by Gasteiger charge is -2.13. The maximum atomic E-state index is 13.1. The lowest BCUT2D eigenvalue weighted by atomic mass is 10.2. The van der Waals surface area contributed by atoms with Gasteiger partial charge in [0, 0.05) is 21.2 Å². The van der Waals surface area contributed by atoms with Crippen LogP contribution in [0.5, 0.6) is 0 Å². The highest BCUT2D eigenvalue weighted by atomic mass is 79.9. The van der Waals surface area contributed by atoms with Gasteiger partial charge in [-0.2, -0.15) is 0 Å². The molecule has 1 N–H and O–H groups in total. The highest BCUT2D eigenvalue weighted by molar-refractivity contribution is 9.10. The summed E-state index contributed by atoms with van der Waals surface area (Å²) in [5.74, 6) is -0.370. The Labute approximate surface area is 183 Å². The molecule has 0 saturated heterocycles. The first-order valence-corrected chi connectivity index (χ1v) is 10.8. The number of aryl methyl sites for hydroxylation is 1. The standard InChI is InChI=1S/C21H17BrN4O3S/c1-13-10-14(6-7-16(13)22)24-18(27)12-25-17-5-2-8-23-19(17)20(28)26(21(25)29)11-15-4-3-9-30-15/h2-10H,11-12H2,1H3,(H,24,27). The Bertz CT molecular complexity index is 1360. The van der Waals surface area contributed by atoms with Crippen molar-refractivity contribution >= 4 is 49.9 Å². The average Bonchev–Trinajstić information content (AvgIpc) is 3.24. The molecule has 152 valence electrons. The monoisotopic (exact) mass is 484 g/mol. The summed E-state index contributed by atoms with van der Waals surface area (Å²) in [5, 5.41) is 4.69. The van der Waals surface area contributed by atoms with E-state index >= 15 is 0 Å². The third-order valence-corrected chi connectivity index (χ3v) is 6.38. The third-order valence-electron chi connectivity index (χ3n) is 4.62. The Kier molecular flexibility index (Phi) is 5.65. The molecule has 0 fully saturated rings. The molecule has 1 aromatic carbocycles. The van der Waals surface area contributed by atoms with Crippen LogP contribution in [-0.4, -0.2) is 20.0 Å². The highest BCUT2D eigenvalue weighted by Crippen LogP contribution is 2.20. The number of benzene rings is 1. The molecule has 0 spiro atoms. The minimum Gasteiger partial charge on any atom is -0.325 e. The van der Waals surface area contributed by atoms with Crippen LogP contribution in [0.25, 0.3) is 11.0 Å². The number of carbonyl (C=O) groups is 1. The lowest BCUT2D eigenvalue weighted by molar-refractivity contribution is -0.116. The zero-order valence-corrected chi connectivity index (χ0v) is 18.4. The fourth-order valence-electron chi connectivity index (χ4n) is 3.16. The van der Waals surface area contributed by atoms with Gasteiger partial charge in [-0.15, -0.1) is 11.3 Å². The number of halogens is 1. The summed E-state index contributed by atoms with van der Waals surface area (Å²) in [6.07, 6.45) is 1.50. The lowest BCUT2D eigenvalue weighted by Crippen LogP contribution is -2.42. The summed E-state index contributed by atoms with van der Waals surface area (Å²) < 4.78 is 3.35. The molecule has 7 nitrogen and oxygen atoms in total. The molecule has 30 heavy (non-hydrogen) atoms. The van der Waals surface area contributed by atoms with Gasteiger partial charge in [-0.25, -0.2) is 9.78 Å². The van der Waals surface area contributed by atoms with Crippen LogP contribution in [0, 0.1) is 6.92 Å². The van der Waals surface area contributed by atoms with Gasteiger partial charge < -0.3 is 5.32 Å². The number of hydrogen-bond acceptors (Lipinski definition) is 5. The van der Waals surface area contributed by atoms with Gasteiger partial charge in [-0.05, 0) is 54.3 Å². The SMILES string of the molecule is Cc1cc(NC(=O)Cn2c(=O)n(Cc3cccs3)c(=O)c3ncccc32)ccc1Br. The minimum atomic E-state index is -0.545. The van der Waals surface area contributed by atoms with E-state index in [2.05, 4.69) is 26.2 Å². The van der Waals surface area contributed by atoms with Crippen molar-refractivity contribution in [2.45, 2.75) is 20.0 Å². The van der Waals surface area contributed by atoms with Crippen molar-refractivity contribution in [2.24, 2.45) is 0 Å². The Morgan fingerprint density at radius 3 is 2.73 bits per heavy atom. The molecule has 0 aliphatic carbocycles. The van der Waals surface area contributed by atoms with Crippen molar-refractivity contribution in [3.63, 3.8) is 0 Å². The average molecular weight is 485 g/mol. The number of anilines is 1. The van der Waals surface area contributed by atoms with Gasteiger partial charge in [-0.3, -0.25) is 18.7 Å². The van der Waals surface area contributed by atoms with E-state index in [1.54, 1.807) is 18.2 Å². The van der Waals surface area contributed by atoms with Crippen LogP contribution < -0.4 is 16.6 Å². The summed E-state index contributed by atoms with van der Waals surface area (Å²) >= 11 is 4.88. The number of thiophene rings is 1. The summed E-state index contributed by atoms with van der Waals surface area (Å²) in [6, 6.07) is 12.4. The Morgan fingerprint density at radius 2 is 2.00 bits per heavy atom. The first kappa shape index (κ1) is 20.2. The molecule has 0 unspecified atom stereocenters. The number of hydrogen-bond donors (Lipinski definition) is 1. The van der Waals surface area contributed by atoms with Crippen molar-refractivity contribution in [1.29, 1.82) is 0 Å². The van der Waals surface area contributed by atoms with Crippen LogP contribution in [-0.2, 0) is 17.9 Å². The topological polar surface area (TPSA) is 86.0 Å². The molecule has 3 heterocycles. The molecule has 0 radical (unpaired) electrons. The number of nitrogens with zero attached hydrogens (tertiary/aromatic N) is 3. The molecule has 0 bridgehead atoms. The predicted molar refractivity (Wildman–Crippen MR) is 121 cm³/mol. The van der Waals surface area contributed by atoms with Gasteiger partial charge in [-0.1, -0.05) is 22.0 Å². The maximum absolute atomic E-state index is 13.1. The fraction of sp³-hybridized carbons (Fsp3) is 0.143. The van der Waals surface area contributed by atoms with Gasteiger partial charge in [0.2, 0.25) is 5.91 Å². The van der Waals surface area contributed by atoms with Gasteiger partial charge in [0.15, 0.2) is 5.52 Å². The minimum absolute atomic E-state index is 0.134. The first-order chi connectivity index (χ1) is 14.4. The van der Waals surface area contributed by atoms with Crippen molar-refractivity contribution in [1.82, 2.24) is 14.1 Å². The second-order valence-electron chi connectivity index (χ2n) is 6.72. The van der Waals surface area contributed by atoms with E-state index < -0.39 is 11.2 Å². The van der Waals surface area contributed by atoms with Crippen LogP contribution >= 0.6 is 27.3 Å². The zero-order valence-electron chi connectivity index (χ0n) is 16.0. The summed E-state index contributed by atoms with van der Waals surface area (Å²) in [7, 11) is 0. The van der Waals surface area contributed by atoms with Crippen molar-refractivity contribution in [3.05, 3.63) is 89.8 Å².